The normalized spacial score (nSPS) is 17.3. The number of imide groups is 1. The zero-order chi connectivity index (χ0) is 22.1. The third-order valence-electron chi connectivity index (χ3n) is 4.32. The topological polar surface area (TPSA) is 109 Å². The number of benzene rings is 2. The number of hydrogen-bond donors (Lipinski definition) is 2. The number of nitrogens with one attached hydrogen (secondary N) is 1. The molecule has 0 saturated carbocycles. The van der Waals surface area contributed by atoms with Crippen molar-refractivity contribution in [3.63, 3.8) is 0 Å². The van der Waals surface area contributed by atoms with Crippen LogP contribution >= 0.6 is 0 Å². The van der Waals surface area contributed by atoms with Crippen molar-refractivity contribution in [2.75, 3.05) is 13.6 Å². The van der Waals surface area contributed by atoms with E-state index in [9.17, 15) is 31.2 Å². The SMILES string of the molecule is CN(C[C@@H]1NC(=O)[NH2+]C1=O)S(=O)(=O)c1ccc(Oc2ccc(C(F)(F)F)cc2)cc1. The molecule has 1 aliphatic heterocycles. The number of alkyl halides is 3. The summed E-state index contributed by atoms with van der Waals surface area (Å²) in [7, 11) is -2.67. The molecule has 2 aromatic carbocycles. The number of carbonyl (C=O) groups excluding carboxylic acids is 2. The van der Waals surface area contributed by atoms with Crippen molar-refractivity contribution in [3.05, 3.63) is 54.1 Å². The van der Waals surface area contributed by atoms with Crippen LogP contribution in [-0.4, -0.2) is 44.3 Å². The molecule has 0 aliphatic carbocycles. The van der Waals surface area contributed by atoms with Crippen LogP contribution in [0.15, 0.2) is 53.4 Å². The van der Waals surface area contributed by atoms with E-state index in [4.69, 9.17) is 4.74 Å². The number of urea groups is 1. The smallest absolute Gasteiger partial charge is 0.421 e. The third-order valence-corrected chi connectivity index (χ3v) is 6.16. The second-order valence-corrected chi connectivity index (χ2v) is 8.53. The van der Waals surface area contributed by atoms with Gasteiger partial charge in [-0.05, 0) is 48.5 Å². The lowest BCUT2D eigenvalue weighted by Crippen LogP contribution is -2.89. The van der Waals surface area contributed by atoms with Crippen LogP contribution in [-0.2, 0) is 21.0 Å². The number of hydrogen-bond acceptors (Lipinski definition) is 5. The Balaban J connectivity index is 1.68. The fraction of sp³-hybridized carbons (Fsp3) is 0.222. The van der Waals surface area contributed by atoms with Gasteiger partial charge in [0.05, 0.1) is 10.5 Å². The average molecular weight is 444 g/mol. The fourth-order valence-corrected chi connectivity index (χ4v) is 3.90. The first-order valence-electron chi connectivity index (χ1n) is 8.57. The first kappa shape index (κ1) is 21.7. The molecule has 8 nitrogen and oxygen atoms in total. The molecular weight excluding hydrogens is 427 g/mol. The zero-order valence-corrected chi connectivity index (χ0v) is 16.3. The highest BCUT2D eigenvalue weighted by molar-refractivity contribution is 7.89. The van der Waals surface area contributed by atoms with E-state index in [1.54, 1.807) is 0 Å². The standard InChI is InChI=1S/C18H16F3N3O5S/c1-24(10-15-16(25)23-17(26)22-15)30(27,28)14-8-6-13(7-9-14)29-12-4-2-11(3-5-12)18(19,20)21/h2-9,15H,10H2,1H3,(H2,22,23,25,26)/p+1/t15-/m0/s1. The van der Waals surface area contributed by atoms with E-state index in [0.29, 0.717) is 0 Å². The summed E-state index contributed by atoms with van der Waals surface area (Å²) in [5.41, 5.74) is -0.811. The van der Waals surface area contributed by atoms with E-state index in [2.05, 4.69) is 5.32 Å². The molecular formula is C18H17F3N3O5S+. The van der Waals surface area contributed by atoms with Crippen LogP contribution in [0.3, 0.4) is 0 Å². The van der Waals surface area contributed by atoms with Gasteiger partial charge >= 0.3 is 18.1 Å². The molecule has 1 fully saturated rings. The first-order chi connectivity index (χ1) is 14.0. The minimum absolute atomic E-state index is 0.0782. The Morgan fingerprint density at radius 1 is 1.03 bits per heavy atom. The van der Waals surface area contributed by atoms with Crippen LogP contribution in [0.4, 0.5) is 18.0 Å². The number of primary amides is 2. The second kappa shape index (κ2) is 8.05. The van der Waals surface area contributed by atoms with Gasteiger partial charge in [0.2, 0.25) is 10.0 Å². The lowest BCUT2D eigenvalue weighted by Gasteiger charge is -2.18. The highest BCUT2D eigenvalue weighted by Gasteiger charge is 2.38. The molecule has 1 saturated heterocycles. The molecule has 3 amide bonds. The van der Waals surface area contributed by atoms with Crippen LogP contribution in [0.5, 0.6) is 11.5 Å². The van der Waals surface area contributed by atoms with Gasteiger partial charge in [-0.1, -0.05) is 0 Å². The molecule has 3 N–H and O–H groups in total. The van der Waals surface area contributed by atoms with Crippen molar-refractivity contribution in [1.29, 1.82) is 0 Å². The van der Waals surface area contributed by atoms with E-state index in [0.717, 1.165) is 33.9 Å². The number of sulfonamides is 1. The lowest BCUT2D eigenvalue weighted by molar-refractivity contribution is -0.459. The molecule has 30 heavy (non-hydrogen) atoms. The molecule has 1 atom stereocenters. The maximum atomic E-state index is 12.7. The quantitative estimate of drug-likeness (QED) is 0.653. The maximum absolute atomic E-state index is 12.7. The predicted octanol–water partition coefficient (Wildman–Crippen LogP) is 1.30. The summed E-state index contributed by atoms with van der Waals surface area (Å²) in [4.78, 5) is 22.8. The van der Waals surface area contributed by atoms with Gasteiger partial charge in [0.25, 0.3) is 0 Å². The Morgan fingerprint density at radius 2 is 1.57 bits per heavy atom. The van der Waals surface area contributed by atoms with Gasteiger partial charge in [-0.25, -0.2) is 18.0 Å². The molecule has 0 bridgehead atoms. The molecule has 0 radical (unpaired) electrons. The Labute approximate surface area is 169 Å². The number of likely N-dealkylation sites (N-methyl/N-ethyl adjacent to an activating group) is 1. The van der Waals surface area contributed by atoms with Gasteiger partial charge in [-0.15, -0.1) is 0 Å². The van der Waals surface area contributed by atoms with Crippen LogP contribution in [0, 0.1) is 0 Å². The largest absolute Gasteiger partial charge is 0.457 e. The highest BCUT2D eigenvalue weighted by Crippen LogP contribution is 2.31. The summed E-state index contributed by atoms with van der Waals surface area (Å²) in [5.74, 6) is -0.117. The summed E-state index contributed by atoms with van der Waals surface area (Å²) >= 11 is 0. The van der Waals surface area contributed by atoms with Crippen LogP contribution in [0.2, 0.25) is 0 Å². The summed E-state index contributed by atoms with van der Waals surface area (Å²) in [6.07, 6.45) is -4.45. The molecule has 2 aromatic rings. The summed E-state index contributed by atoms with van der Waals surface area (Å²) in [5, 5.41) is 3.24. The Bertz CT molecular complexity index is 1050. The Kier molecular flexibility index (Phi) is 5.83. The number of amides is 3. The number of halogens is 3. The number of quaternary nitrogens is 1. The fourth-order valence-electron chi connectivity index (χ4n) is 2.71. The Hall–Kier alpha value is -2.96. The van der Waals surface area contributed by atoms with Crippen molar-refractivity contribution in [2.45, 2.75) is 17.1 Å². The number of nitrogens with two attached hydrogens (primary N) is 1. The van der Waals surface area contributed by atoms with Gasteiger partial charge < -0.3 is 4.74 Å². The van der Waals surface area contributed by atoms with E-state index >= 15 is 0 Å². The molecule has 0 spiro atoms. The highest BCUT2D eigenvalue weighted by atomic mass is 32.2. The van der Waals surface area contributed by atoms with Crippen LogP contribution in [0.25, 0.3) is 0 Å². The van der Waals surface area contributed by atoms with Crippen molar-refractivity contribution in [1.82, 2.24) is 9.62 Å². The van der Waals surface area contributed by atoms with Crippen molar-refractivity contribution in [2.24, 2.45) is 0 Å². The average Bonchev–Trinajstić information content (AvgIpc) is 2.98. The monoisotopic (exact) mass is 444 g/mol. The maximum Gasteiger partial charge on any atom is 0.421 e. The summed E-state index contributed by atoms with van der Waals surface area (Å²) in [6, 6.07) is 7.81. The lowest BCUT2D eigenvalue weighted by atomic mass is 10.2. The number of nitrogens with zero attached hydrogens (tertiary/aromatic N) is 1. The summed E-state index contributed by atoms with van der Waals surface area (Å²) in [6.45, 7) is -0.229. The first-order valence-corrected chi connectivity index (χ1v) is 10.0. The van der Waals surface area contributed by atoms with Gasteiger partial charge in [0.1, 0.15) is 11.5 Å². The van der Waals surface area contributed by atoms with E-state index in [1.807, 2.05) is 0 Å². The van der Waals surface area contributed by atoms with Gasteiger partial charge in [-0.3, -0.25) is 5.32 Å². The molecule has 1 heterocycles. The van der Waals surface area contributed by atoms with E-state index in [1.165, 1.54) is 31.3 Å². The van der Waals surface area contributed by atoms with Crippen molar-refractivity contribution < 1.29 is 41.2 Å². The minimum atomic E-state index is -4.45. The van der Waals surface area contributed by atoms with Gasteiger partial charge in [-0.2, -0.15) is 22.8 Å². The van der Waals surface area contributed by atoms with E-state index < -0.39 is 39.7 Å². The van der Waals surface area contributed by atoms with Crippen molar-refractivity contribution >= 4 is 22.0 Å². The predicted molar refractivity (Wildman–Crippen MR) is 97.0 cm³/mol. The molecule has 3 rings (SSSR count). The molecule has 12 heteroatoms. The van der Waals surface area contributed by atoms with Gasteiger partial charge in [0.15, 0.2) is 6.04 Å². The summed E-state index contributed by atoms with van der Waals surface area (Å²) < 4.78 is 69.5. The molecule has 160 valence electrons. The zero-order valence-electron chi connectivity index (χ0n) is 15.5. The number of ether oxygens (including phenoxy) is 1. The van der Waals surface area contributed by atoms with E-state index in [-0.39, 0.29) is 22.9 Å². The van der Waals surface area contributed by atoms with Crippen LogP contribution in [0.1, 0.15) is 5.56 Å². The van der Waals surface area contributed by atoms with Crippen molar-refractivity contribution in [3.8, 4) is 11.5 Å². The minimum Gasteiger partial charge on any atom is -0.457 e. The van der Waals surface area contributed by atoms with Crippen LogP contribution < -0.4 is 15.4 Å². The number of rotatable bonds is 6. The molecule has 1 aliphatic rings. The Morgan fingerprint density at radius 3 is 2.03 bits per heavy atom. The second-order valence-electron chi connectivity index (χ2n) is 6.49. The number of carbonyl (C=O) groups is 2. The molecule has 0 unspecified atom stereocenters. The third kappa shape index (κ3) is 4.78. The van der Waals surface area contributed by atoms with Gasteiger partial charge in [0, 0.05) is 13.6 Å². The molecule has 0 aromatic heterocycles.